The molecule has 0 saturated carbocycles. The van der Waals surface area contributed by atoms with Crippen LogP contribution in [0, 0.1) is 0 Å². The quantitative estimate of drug-likeness (QED) is 0.344. The topological polar surface area (TPSA) is 99.1 Å². The van der Waals surface area contributed by atoms with Gasteiger partial charge in [0.2, 0.25) is 0 Å². The van der Waals surface area contributed by atoms with Crippen LogP contribution in [0.5, 0.6) is 0 Å². The third kappa shape index (κ3) is 10.6. The Balaban J connectivity index is 3.97. The van der Waals surface area contributed by atoms with Crippen molar-refractivity contribution >= 4 is 19.1 Å². The normalized spacial score (nSPS) is 17.4. The molecule has 0 bridgehead atoms. The maximum Gasteiger partial charge on any atom is 0.472 e. The highest BCUT2D eigenvalue weighted by Crippen LogP contribution is 2.42. The first-order chi connectivity index (χ1) is 8.57. The molecule has 8 nitrogen and oxygen atoms in total. The van der Waals surface area contributed by atoms with E-state index in [1.54, 1.807) is 6.92 Å². The number of quaternary nitrogens is 1. The van der Waals surface area contributed by atoms with Gasteiger partial charge >= 0.3 is 7.82 Å². The summed E-state index contributed by atoms with van der Waals surface area (Å²) in [5.74, 6) is 0. The monoisotopic (exact) mass is 318 g/mol. The Hall–Kier alpha value is 0.140. The largest absolute Gasteiger partial charge is 0.760 e. The molecule has 10 heteroatoms. The molecule has 0 aliphatic carbocycles. The summed E-state index contributed by atoms with van der Waals surface area (Å²) in [7, 11) is 1.66. The standard InChI is InChI=1S/C9H23N2O6PS/c1-5-10(19(14)15)6-8-16-18(12,13)17-9-7-11(2,3)4/h5-9H2,1-4H3,(H-,12,13,14,15). The van der Waals surface area contributed by atoms with Crippen LogP contribution < -0.4 is 0 Å². The predicted molar refractivity (Wildman–Crippen MR) is 70.8 cm³/mol. The summed E-state index contributed by atoms with van der Waals surface area (Å²) < 4.78 is 44.0. The SMILES string of the molecule is CCN(CCOP(=O)(O)OCC[N+](C)(C)C)S(=O)[O-]. The summed E-state index contributed by atoms with van der Waals surface area (Å²) >= 11 is -2.36. The molecule has 0 radical (unpaired) electrons. The van der Waals surface area contributed by atoms with Crippen LogP contribution in [0.3, 0.4) is 0 Å². The fourth-order valence-electron chi connectivity index (χ4n) is 1.06. The van der Waals surface area contributed by atoms with Crippen LogP contribution in [-0.2, 0) is 24.9 Å². The Kier molecular flexibility index (Phi) is 8.49. The predicted octanol–water partition coefficient (Wildman–Crippen LogP) is -0.0578. The van der Waals surface area contributed by atoms with E-state index in [2.05, 4.69) is 0 Å². The van der Waals surface area contributed by atoms with E-state index in [0.717, 1.165) is 4.31 Å². The van der Waals surface area contributed by atoms with Gasteiger partial charge in [-0.25, -0.2) is 8.87 Å². The molecule has 0 aromatic heterocycles. The molecule has 0 aliphatic heterocycles. The molecule has 0 aromatic carbocycles. The van der Waals surface area contributed by atoms with Crippen molar-refractivity contribution in [2.24, 2.45) is 0 Å². The third-order valence-corrected chi connectivity index (χ3v) is 4.06. The first-order valence-electron chi connectivity index (χ1n) is 5.84. The van der Waals surface area contributed by atoms with Gasteiger partial charge in [-0.2, -0.15) is 0 Å². The lowest BCUT2D eigenvalue weighted by Gasteiger charge is -2.24. The zero-order valence-electron chi connectivity index (χ0n) is 11.8. The zero-order valence-corrected chi connectivity index (χ0v) is 13.5. The zero-order chi connectivity index (χ0) is 15.1. The first-order valence-corrected chi connectivity index (χ1v) is 8.37. The number of phosphoric ester groups is 1. The minimum atomic E-state index is -4.11. The van der Waals surface area contributed by atoms with Gasteiger partial charge in [0.05, 0.1) is 27.7 Å². The molecule has 0 rings (SSSR count). The van der Waals surface area contributed by atoms with Crippen LogP contribution in [0.4, 0.5) is 0 Å². The van der Waals surface area contributed by atoms with Crippen LogP contribution in [0.25, 0.3) is 0 Å². The highest BCUT2D eigenvalue weighted by atomic mass is 32.2. The maximum absolute atomic E-state index is 11.5. The van der Waals surface area contributed by atoms with Crippen LogP contribution in [0.1, 0.15) is 6.92 Å². The van der Waals surface area contributed by atoms with Crippen molar-refractivity contribution in [2.45, 2.75) is 6.92 Å². The number of hydrogen-bond donors (Lipinski definition) is 1. The fourth-order valence-corrected chi connectivity index (χ4v) is 2.20. The lowest BCUT2D eigenvalue weighted by Crippen LogP contribution is -2.37. The summed E-state index contributed by atoms with van der Waals surface area (Å²) in [5.41, 5.74) is 0. The van der Waals surface area contributed by atoms with Crippen molar-refractivity contribution in [1.82, 2.24) is 4.31 Å². The van der Waals surface area contributed by atoms with Crippen molar-refractivity contribution in [3.63, 3.8) is 0 Å². The molecule has 2 unspecified atom stereocenters. The summed E-state index contributed by atoms with van der Waals surface area (Å²) in [4.78, 5) is 9.37. The second-order valence-corrected chi connectivity index (χ2v) is 7.29. The fraction of sp³-hybridized carbons (Fsp3) is 1.00. The minimum Gasteiger partial charge on any atom is -0.760 e. The maximum atomic E-state index is 11.5. The lowest BCUT2D eigenvalue weighted by atomic mass is 10.5. The van der Waals surface area contributed by atoms with Gasteiger partial charge in [0.1, 0.15) is 13.2 Å². The molecule has 19 heavy (non-hydrogen) atoms. The first kappa shape index (κ1) is 19.1. The van der Waals surface area contributed by atoms with Gasteiger partial charge in [0.15, 0.2) is 0 Å². The van der Waals surface area contributed by atoms with Crippen LogP contribution in [-0.4, -0.2) is 76.4 Å². The Morgan fingerprint density at radius 3 is 2.26 bits per heavy atom. The minimum absolute atomic E-state index is 0.00978. The lowest BCUT2D eigenvalue weighted by molar-refractivity contribution is -0.870. The van der Waals surface area contributed by atoms with Gasteiger partial charge in [-0.15, -0.1) is 0 Å². The van der Waals surface area contributed by atoms with E-state index in [1.165, 1.54) is 0 Å². The molecule has 116 valence electrons. The van der Waals surface area contributed by atoms with Crippen LogP contribution in [0.2, 0.25) is 0 Å². The molecular formula is C9H23N2O6PS. The molecule has 0 fully saturated rings. The molecule has 0 saturated heterocycles. The van der Waals surface area contributed by atoms with Crippen LogP contribution in [0.15, 0.2) is 0 Å². The summed E-state index contributed by atoms with van der Waals surface area (Å²) in [6.45, 7) is 2.39. The van der Waals surface area contributed by atoms with Crippen LogP contribution >= 0.6 is 7.82 Å². The Bertz CT molecular complexity index is 335. The Morgan fingerprint density at radius 1 is 1.32 bits per heavy atom. The van der Waals surface area contributed by atoms with Gasteiger partial charge < -0.3 is 13.9 Å². The number of hydrogen-bond acceptors (Lipinski definition) is 5. The van der Waals surface area contributed by atoms with Gasteiger partial charge in [-0.05, 0) is 0 Å². The van der Waals surface area contributed by atoms with Crippen molar-refractivity contribution in [3.8, 4) is 0 Å². The van der Waals surface area contributed by atoms with E-state index >= 15 is 0 Å². The molecule has 0 spiro atoms. The highest BCUT2D eigenvalue weighted by molar-refractivity contribution is 7.76. The van der Waals surface area contributed by atoms with Crippen molar-refractivity contribution in [1.29, 1.82) is 0 Å². The Labute approximate surface area is 116 Å². The summed E-state index contributed by atoms with van der Waals surface area (Å²) in [6.07, 6.45) is 0. The van der Waals surface area contributed by atoms with Crippen molar-refractivity contribution < 1.29 is 31.8 Å². The van der Waals surface area contributed by atoms with Gasteiger partial charge in [-0.3, -0.25) is 13.3 Å². The Morgan fingerprint density at radius 2 is 1.84 bits per heavy atom. The highest BCUT2D eigenvalue weighted by Gasteiger charge is 2.22. The average Bonchev–Trinajstić information content (AvgIpc) is 2.21. The van der Waals surface area contributed by atoms with E-state index < -0.39 is 19.1 Å². The van der Waals surface area contributed by atoms with Crippen molar-refractivity contribution in [2.75, 3.05) is 54.0 Å². The van der Waals surface area contributed by atoms with Crippen molar-refractivity contribution in [3.05, 3.63) is 0 Å². The second kappa shape index (κ2) is 8.43. The molecule has 0 aromatic rings. The van der Waals surface area contributed by atoms with E-state index in [-0.39, 0.29) is 26.3 Å². The van der Waals surface area contributed by atoms with E-state index in [1.807, 2.05) is 21.1 Å². The molecule has 2 atom stereocenters. The van der Waals surface area contributed by atoms with E-state index in [0.29, 0.717) is 11.0 Å². The molecule has 0 aliphatic rings. The van der Waals surface area contributed by atoms with E-state index in [9.17, 15) is 18.2 Å². The number of likely N-dealkylation sites (N-methyl/N-ethyl adjacent to an activating group) is 2. The number of phosphoric acid groups is 1. The summed E-state index contributed by atoms with van der Waals surface area (Å²) in [6, 6.07) is 0. The molecule has 1 N–H and O–H groups in total. The smallest absolute Gasteiger partial charge is 0.472 e. The van der Waals surface area contributed by atoms with E-state index in [4.69, 9.17) is 9.05 Å². The van der Waals surface area contributed by atoms with Gasteiger partial charge in [-0.1, -0.05) is 6.92 Å². The molecule has 0 amide bonds. The average molecular weight is 318 g/mol. The van der Waals surface area contributed by atoms with Gasteiger partial charge in [0, 0.05) is 24.4 Å². The van der Waals surface area contributed by atoms with Gasteiger partial charge in [0.25, 0.3) is 0 Å². The second-order valence-electron chi connectivity index (χ2n) is 4.89. The molecule has 0 heterocycles. The number of nitrogens with zero attached hydrogens (tertiary/aromatic N) is 2. The number of rotatable bonds is 10. The third-order valence-electron chi connectivity index (χ3n) is 2.18. The summed E-state index contributed by atoms with van der Waals surface area (Å²) in [5, 5.41) is 0. The molecular weight excluding hydrogens is 295 g/mol.